The van der Waals surface area contributed by atoms with Crippen LogP contribution in [0.4, 0.5) is 0 Å². The second-order valence-corrected chi connectivity index (χ2v) is 4.82. The molecular weight excluding hydrogens is 280 g/mol. The number of nitrogens with zero attached hydrogens (tertiary/aromatic N) is 2. The molecule has 2 aromatic rings. The summed E-state index contributed by atoms with van der Waals surface area (Å²) < 4.78 is 0. The zero-order chi connectivity index (χ0) is 14.9. The van der Waals surface area contributed by atoms with Crippen LogP contribution in [0.3, 0.4) is 0 Å². The fourth-order valence-corrected chi connectivity index (χ4v) is 2.02. The van der Waals surface area contributed by atoms with Gasteiger partial charge in [-0.05, 0) is 36.8 Å². The lowest BCUT2D eigenvalue weighted by Crippen LogP contribution is -2.32. The molecule has 0 bridgehead atoms. The lowest BCUT2D eigenvalue weighted by atomic mass is 10.1. The zero-order valence-electron chi connectivity index (χ0n) is 11.9. The minimum absolute atomic E-state index is 0.513. The molecule has 0 atom stereocenters. The molecule has 0 fully saturated rings. The van der Waals surface area contributed by atoms with Crippen LogP contribution >= 0.6 is 12.2 Å². The summed E-state index contributed by atoms with van der Waals surface area (Å²) in [5.41, 5.74) is 5.74. The average molecular weight is 298 g/mol. The van der Waals surface area contributed by atoms with Gasteiger partial charge in [-0.1, -0.05) is 36.4 Å². The van der Waals surface area contributed by atoms with Crippen molar-refractivity contribution >= 4 is 23.0 Å². The van der Waals surface area contributed by atoms with Gasteiger partial charge in [0.15, 0.2) is 5.11 Å². The van der Waals surface area contributed by atoms with E-state index in [0.29, 0.717) is 11.5 Å². The summed E-state index contributed by atoms with van der Waals surface area (Å²) in [5.74, 6) is 0. The molecule has 0 aliphatic rings. The minimum atomic E-state index is 0.513. The number of nitrogens with one attached hydrogen (secondary N) is 2. The minimum Gasteiger partial charge on any atom is -0.362 e. The predicted octanol–water partition coefficient (Wildman–Crippen LogP) is 2.51. The SMILES string of the molecule is CCNC(=S)N/N=C(\Cc1ccccc1)c1ccccn1. The lowest BCUT2D eigenvalue weighted by Gasteiger charge is -2.09. The molecule has 4 nitrogen and oxygen atoms in total. The predicted molar refractivity (Wildman–Crippen MR) is 90.3 cm³/mol. The van der Waals surface area contributed by atoms with Crippen molar-refractivity contribution in [2.75, 3.05) is 6.54 Å². The first-order valence-corrected chi connectivity index (χ1v) is 7.26. The third kappa shape index (κ3) is 4.96. The Bertz CT molecular complexity index is 596. The first-order valence-electron chi connectivity index (χ1n) is 6.85. The summed E-state index contributed by atoms with van der Waals surface area (Å²) in [4.78, 5) is 4.36. The topological polar surface area (TPSA) is 49.3 Å². The molecule has 0 saturated carbocycles. The van der Waals surface area contributed by atoms with Gasteiger partial charge in [-0.3, -0.25) is 10.4 Å². The molecule has 5 heteroatoms. The number of hydrogen-bond acceptors (Lipinski definition) is 3. The van der Waals surface area contributed by atoms with E-state index in [2.05, 4.69) is 33.0 Å². The lowest BCUT2D eigenvalue weighted by molar-refractivity contribution is 0.897. The van der Waals surface area contributed by atoms with Crippen LogP contribution in [0, 0.1) is 0 Å². The van der Waals surface area contributed by atoms with Gasteiger partial charge in [-0.15, -0.1) is 0 Å². The highest BCUT2D eigenvalue weighted by atomic mass is 32.1. The van der Waals surface area contributed by atoms with Crippen molar-refractivity contribution in [3.05, 3.63) is 66.0 Å². The molecule has 1 heterocycles. The quantitative estimate of drug-likeness (QED) is 0.506. The van der Waals surface area contributed by atoms with Gasteiger partial charge in [0.25, 0.3) is 0 Å². The second-order valence-electron chi connectivity index (χ2n) is 4.41. The van der Waals surface area contributed by atoms with E-state index in [1.807, 2.05) is 43.3 Å². The summed E-state index contributed by atoms with van der Waals surface area (Å²) in [6.45, 7) is 2.75. The van der Waals surface area contributed by atoms with Crippen LogP contribution in [0.2, 0.25) is 0 Å². The molecule has 0 aliphatic heterocycles. The Morgan fingerprint density at radius 3 is 2.57 bits per heavy atom. The van der Waals surface area contributed by atoms with Crippen LogP contribution in [0.1, 0.15) is 18.2 Å². The molecule has 0 unspecified atom stereocenters. The maximum absolute atomic E-state index is 5.14. The first-order chi connectivity index (χ1) is 10.3. The van der Waals surface area contributed by atoms with Crippen LogP contribution in [-0.4, -0.2) is 22.4 Å². The molecular formula is C16H18N4S. The smallest absolute Gasteiger partial charge is 0.186 e. The Labute approximate surface area is 130 Å². The number of pyridine rings is 1. The number of benzene rings is 1. The summed E-state index contributed by atoms with van der Waals surface area (Å²) in [5, 5.41) is 7.93. The zero-order valence-corrected chi connectivity index (χ0v) is 12.7. The van der Waals surface area contributed by atoms with Gasteiger partial charge in [-0.2, -0.15) is 5.10 Å². The highest BCUT2D eigenvalue weighted by Crippen LogP contribution is 2.06. The van der Waals surface area contributed by atoms with Gasteiger partial charge in [-0.25, -0.2) is 0 Å². The normalized spacial score (nSPS) is 11.0. The van der Waals surface area contributed by atoms with Gasteiger partial charge >= 0.3 is 0 Å². The fourth-order valence-electron chi connectivity index (χ4n) is 1.83. The van der Waals surface area contributed by atoms with Gasteiger partial charge in [0.1, 0.15) is 0 Å². The van der Waals surface area contributed by atoms with E-state index >= 15 is 0 Å². The van der Waals surface area contributed by atoms with Crippen molar-refractivity contribution in [2.45, 2.75) is 13.3 Å². The van der Waals surface area contributed by atoms with Crippen molar-refractivity contribution in [3.8, 4) is 0 Å². The molecule has 21 heavy (non-hydrogen) atoms. The van der Waals surface area contributed by atoms with E-state index in [0.717, 1.165) is 18.0 Å². The molecule has 2 rings (SSSR count). The molecule has 0 spiro atoms. The van der Waals surface area contributed by atoms with E-state index in [9.17, 15) is 0 Å². The van der Waals surface area contributed by atoms with E-state index in [-0.39, 0.29) is 0 Å². The van der Waals surface area contributed by atoms with Gasteiger partial charge < -0.3 is 5.32 Å². The van der Waals surface area contributed by atoms with E-state index in [4.69, 9.17) is 12.2 Å². The maximum Gasteiger partial charge on any atom is 0.186 e. The molecule has 1 aromatic heterocycles. The summed E-state index contributed by atoms with van der Waals surface area (Å²) >= 11 is 5.14. The highest BCUT2D eigenvalue weighted by Gasteiger charge is 2.06. The molecule has 0 radical (unpaired) electrons. The Kier molecular flexibility index (Phi) is 5.84. The second kappa shape index (κ2) is 8.11. The molecule has 0 saturated heterocycles. The standard InChI is InChI=1S/C16H18N4S/c1-2-17-16(21)20-19-15(14-10-6-7-11-18-14)12-13-8-4-3-5-9-13/h3-11H,2,12H2,1H3,(H2,17,20,21)/b19-15+. The number of rotatable bonds is 5. The van der Waals surface area contributed by atoms with E-state index in [1.165, 1.54) is 5.56 Å². The van der Waals surface area contributed by atoms with Crippen LogP contribution in [0.15, 0.2) is 59.8 Å². The molecule has 1 aromatic carbocycles. The fraction of sp³-hybridized carbons (Fsp3) is 0.188. The van der Waals surface area contributed by atoms with Crippen molar-refractivity contribution in [2.24, 2.45) is 5.10 Å². The monoisotopic (exact) mass is 298 g/mol. The van der Waals surface area contributed by atoms with Crippen molar-refractivity contribution in [1.82, 2.24) is 15.7 Å². The third-order valence-electron chi connectivity index (χ3n) is 2.80. The molecule has 108 valence electrons. The highest BCUT2D eigenvalue weighted by molar-refractivity contribution is 7.80. The van der Waals surface area contributed by atoms with E-state index in [1.54, 1.807) is 6.20 Å². The van der Waals surface area contributed by atoms with Crippen LogP contribution in [-0.2, 0) is 6.42 Å². The van der Waals surface area contributed by atoms with Crippen molar-refractivity contribution in [1.29, 1.82) is 0 Å². The van der Waals surface area contributed by atoms with Crippen molar-refractivity contribution < 1.29 is 0 Å². The van der Waals surface area contributed by atoms with Crippen LogP contribution in [0.5, 0.6) is 0 Å². The summed E-state index contributed by atoms with van der Waals surface area (Å²) in [7, 11) is 0. The number of hydrogen-bond donors (Lipinski definition) is 2. The summed E-state index contributed by atoms with van der Waals surface area (Å²) in [6.07, 6.45) is 2.46. The number of thiocarbonyl (C=S) groups is 1. The van der Waals surface area contributed by atoms with Gasteiger partial charge in [0.05, 0.1) is 11.4 Å². The van der Waals surface area contributed by atoms with Gasteiger partial charge in [0, 0.05) is 19.2 Å². The van der Waals surface area contributed by atoms with E-state index < -0.39 is 0 Å². The molecule has 2 N–H and O–H groups in total. The molecule has 0 aliphatic carbocycles. The largest absolute Gasteiger partial charge is 0.362 e. The van der Waals surface area contributed by atoms with Crippen LogP contribution in [0.25, 0.3) is 0 Å². The Balaban J connectivity index is 2.18. The first kappa shape index (κ1) is 15.1. The Hall–Kier alpha value is -2.27. The third-order valence-corrected chi connectivity index (χ3v) is 3.04. The summed E-state index contributed by atoms with van der Waals surface area (Å²) in [6, 6.07) is 16.0. The van der Waals surface area contributed by atoms with Gasteiger partial charge in [0.2, 0.25) is 0 Å². The Morgan fingerprint density at radius 1 is 1.14 bits per heavy atom. The van der Waals surface area contributed by atoms with Crippen molar-refractivity contribution in [3.63, 3.8) is 0 Å². The number of hydrazone groups is 1. The Morgan fingerprint density at radius 2 is 1.90 bits per heavy atom. The molecule has 0 amide bonds. The van der Waals surface area contributed by atoms with Crippen LogP contribution < -0.4 is 10.7 Å². The maximum atomic E-state index is 5.14. The average Bonchev–Trinajstić information content (AvgIpc) is 2.53. The number of aromatic nitrogens is 1.